The Bertz CT molecular complexity index is 1100. The summed E-state index contributed by atoms with van der Waals surface area (Å²) in [5.41, 5.74) is 2.98. The molecule has 4 rings (SSSR count). The molecule has 0 N–H and O–H groups in total. The van der Waals surface area contributed by atoms with Crippen LogP contribution in [0.15, 0.2) is 35.4 Å². The molecule has 6 heteroatoms. The zero-order valence-corrected chi connectivity index (χ0v) is 16.2. The highest BCUT2D eigenvalue weighted by atomic mass is 16.5. The second-order valence-corrected chi connectivity index (χ2v) is 7.15. The maximum absolute atomic E-state index is 12.7. The summed E-state index contributed by atoms with van der Waals surface area (Å²) in [6.45, 7) is 0. The molecule has 144 valence electrons. The van der Waals surface area contributed by atoms with Gasteiger partial charge in [-0.15, -0.1) is 0 Å². The first-order valence-corrected chi connectivity index (χ1v) is 9.28. The molecule has 0 atom stereocenters. The van der Waals surface area contributed by atoms with Crippen molar-refractivity contribution in [2.24, 2.45) is 7.05 Å². The summed E-state index contributed by atoms with van der Waals surface area (Å²) < 4.78 is 12.4. The second-order valence-electron chi connectivity index (χ2n) is 7.15. The quantitative estimate of drug-likeness (QED) is 0.633. The van der Waals surface area contributed by atoms with Gasteiger partial charge in [-0.2, -0.15) is 0 Å². The minimum absolute atomic E-state index is 0.0881. The molecule has 1 aliphatic carbocycles. The van der Waals surface area contributed by atoms with Crippen molar-refractivity contribution in [3.63, 3.8) is 0 Å². The van der Waals surface area contributed by atoms with Crippen molar-refractivity contribution in [3.05, 3.63) is 52.2 Å². The SMILES string of the molecule is COc1cc(-c2cn(C)c(=O)c3cnc(C4CCC4)cc23)cc(OC)c1C=O. The lowest BCUT2D eigenvalue weighted by Crippen LogP contribution is -2.18. The number of aromatic nitrogens is 2. The molecule has 3 aromatic rings. The Labute approximate surface area is 162 Å². The molecule has 0 amide bonds. The van der Waals surface area contributed by atoms with Gasteiger partial charge in [-0.25, -0.2) is 0 Å². The largest absolute Gasteiger partial charge is 0.496 e. The summed E-state index contributed by atoms with van der Waals surface area (Å²) in [5.74, 6) is 1.32. The maximum Gasteiger partial charge on any atom is 0.259 e. The lowest BCUT2D eigenvalue weighted by molar-refractivity contribution is 0.111. The number of hydrogen-bond acceptors (Lipinski definition) is 5. The fourth-order valence-corrected chi connectivity index (χ4v) is 3.74. The van der Waals surface area contributed by atoms with E-state index in [1.54, 1.807) is 29.9 Å². The molecule has 2 aromatic heterocycles. The van der Waals surface area contributed by atoms with Gasteiger partial charge in [0.1, 0.15) is 11.5 Å². The Morgan fingerprint density at radius 1 is 1.11 bits per heavy atom. The molecule has 1 aromatic carbocycles. The molecule has 0 radical (unpaired) electrons. The number of carbonyl (C=O) groups excluding carboxylic acids is 1. The first-order valence-electron chi connectivity index (χ1n) is 9.28. The van der Waals surface area contributed by atoms with Gasteiger partial charge in [0.15, 0.2) is 6.29 Å². The molecule has 1 aliphatic rings. The highest BCUT2D eigenvalue weighted by Gasteiger charge is 2.22. The van der Waals surface area contributed by atoms with Crippen molar-refractivity contribution in [1.82, 2.24) is 9.55 Å². The number of aryl methyl sites for hydroxylation is 1. The third kappa shape index (κ3) is 2.85. The molecular formula is C22H22N2O4. The van der Waals surface area contributed by atoms with E-state index in [9.17, 15) is 9.59 Å². The van der Waals surface area contributed by atoms with Crippen molar-refractivity contribution in [3.8, 4) is 22.6 Å². The fourth-order valence-electron chi connectivity index (χ4n) is 3.74. The van der Waals surface area contributed by atoms with Crippen LogP contribution in [0.1, 0.15) is 41.2 Å². The van der Waals surface area contributed by atoms with E-state index in [0.29, 0.717) is 28.4 Å². The Kier molecular flexibility index (Phi) is 4.63. The third-order valence-corrected chi connectivity index (χ3v) is 5.59. The highest BCUT2D eigenvalue weighted by Crippen LogP contribution is 2.39. The van der Waals surface area contributed by atoms with Crippen LogP contribution in [0.4, 0.5) is 0 Å². The monoisotopic (exact) mass is 378 g/mol. The number of hydrogen-bond donors (Lipinski definition) is 0. The number of pyridine rings is 2. The standard InChI is InChI=1S/C22H22N2O4/c1-24-11-17(14-7-20(27-2)18(12-25)21(8-14)28-3)15-9-19(13-5-4-6-13)23-10-16(15)22(24)26/h7-13H,4-6H2,1-3H3. The lowest BCUT2D eigenvalue weighted by Gasteiger charge is -2.25. The number of fused-ring (bicyclic) bond motifs is 1. The number of rotatable bonds is 5. The van der Waals surface area contributed by atoms with Crippen LogP contribution in [0.3, 0.4) is 0 Å². The van der Waals surface area contributed by atoms with Gasteiger partial charge < -0.3 is 14.0 Å². The van der Waals surface area contributed by atoms with Gasteiger partial charge in [0, 0.05) is 36.6 Å². The van der Waals surface area contributed by atoms with Gasteiger partial charge in [0.25, 0.3) is 5.56 Å². The van der Waals surface area contributed by atoms with Gasteiger partial charge in [-0.1, -0.05) is 6.42 Å². The third-order valence-electron chi connectivity index (χ3n) is 5.59. The van der Waals surface area contributed by atoms with Gasteiger partial charge in [-0.3, -0.25) is 14.6 Å². The molecule has 0 spiro atoms. The number of nitrogens with zero attached hydrogens (tertiary/aromatic N) is 2. The Morgan fingerprint density at radius 2 is 1.79 bits per heavy atom. The normalized spacial score (nSPS) is 14.0. The minimum atomic E-state index is -0.0881. The average Bonchev–Trinajstić information content (AvgIpc) is 2.68. The van der Waals surface area contributed by atoms with E-state index in [1.165, 1.54) is 20.6 Å². The average molecular weight is 378 g/mol. The van der Waals surface area contributed by atoms with Crippen LogP contribution >= 0.6 is 0 Å². The van der Waals surface area contributed by atoms with Gasteiger partial charge in [0.2, 0.25) is 0 Å². The van der Waals surface area contributed by atoms with E-state index in [2.05, 4.69) is 4.98 Å². The first kappa shape index (κ1) is 18.2. The van der Waals surface area contributed by atoms with Crippen LogP contribution in [0.5, 0.6) is 11.5 Å². The molecule has 28 heavy (non-hydrogen) atoms. The summed E-state index contributed by atoms with van der Waals surface area (Å²) in [5, 5.41) is 1.42. The second kappa shape index (κ2) is 7.11. The topological polar surface area (TPSA) is 70.4 Å². The highest BCUT2D eigenvalue weighted by molar-refractivity contribution is 5.97. The molecule has 6 nitrogen and oxygen atoms in total. The van der Waals surface area contributed by atoms with Crippen molar-refractivity contribution < 1.29 is 14.3 Å². The van der Waals surface area contributed by atoms with Gasteiger partial charge in [0.05, 0.1) is 25.2 Å². The predicted molar refractivity (Wildman–Crippen MR) is 108 cm³/mol. The van der Waals surface area contributed by atoms with Crippen LogP contribution in [0, 0.1) is 0 Å². The van der Waals surface area contributed by atoms with Crippen LogP contribution in [-0.2, 0) is 7.05 Å². The van der Waals surface area contributed by atoms with Crippen molar-refractivity contribution in [2.75, 3.05) is 14.2 Å². The number of methoxy groups -OCH3 is 2. The van der Waals surface area contributed by atoms with Crippen LogP contribution in [0.25, 0.3) is 21.9 Å². The Hall–Kier alpha value is -3.15. The smallest absolute Gasteiger partial charge is 0.259 e. The lowest BCUT2D eigenvalue weighted by atomic mass is 9.82. The van der Waals surface area contributed by atoms with Gasteiger partial charge in [-0.05, 0) is 42.0 Å². The first-order chi connectivity index (χ1) is 13.6. The number of aldehydes is 1. The number of ether oxygens (including phenoxy) is 2. The van der Waals surface area contributed by atoms with Crippen LogP contribution < -0.4 is 15.0 Å². The zero-order valence-electron chi connectivity index (χ0n) is 16.2. The zero-order chi connectivity index (χ0) is 19.8. The van der Waals surface area contributed by atoms with E-state index in [0.717, 1.165) is 41.3 Å². The Morgan fingerprint density at radius 3 is 2.32 bits per heavy atom. The molecule has 0 bridgehead atoms. The van der Waals surface area contributed by atoms with Crippen LogP contribution in [-0.4, -0.2) is 30.1 Å². The molecule has 0 saturated heterocycles. The molecule has 1 fully saturated rings. The fraction of sp³-hybridized carbons (Fsp3) is 0.318. The summed E-state index contributed by atoms with van der Waals surface area (Å²) >= 11 is 0. The number of carbonyl (C=O) groups is 1. The molecule has 0 aliphatic heterocycles. The minimum Gasteiger partial charge on any atom is -0.496 e. The summed E-state index contributed by atoms with van der Waals surface area (Å²) in [4.78, 5) is 28.7. The Balaban J connectivity index is 2.01. The van der Waals surface area contributed by atoms with Crippen LogP contribution in [0.2, 0.25) is 0 Å². The number of benzene rings is 1. The van der Waals surface area contributed by atoms with Crippen molar-refractivity contribution >= 4 is 17.1 Å². The predicted octanol–water partition coefficient (Wildman–Crippen LogP) is 3.70. The van der Waals surface area contributed by atoms with E-state index >= 15 is 0 Å². The molecule has 1 saturated carbocycles. The molecule has 2 heterocycles. The summed E-state index contributed by atoms with van der Waals surface area (Å²) in [6, 6.07) is 5.63. The summed E-state index contributed by atoms with van der Waals surface area (Å²) in [6.07, 6.45) is 7.70. The van der Waals surface area contributed by atoms with E-state index in [-0.39, 0.29) is 5.56 Å². The molecule has 0 unspecified atom stereocenters. The maximum atomic E-state index is 12.7. The van der Waals surface area contributed by atoms with E-state index in [4.69, 9.17) is 9.47 Å². The van der Waals surface area contributed by atoms with Crippen molar-refractivity contribution in [2.45, 2.75) is 25.2 Å². The van der Waals surface area contributed by atoms with Gasteiger partial charge >= 0.3 is 0 Å². The van der Waals surface area contributed by atoms with E-state index < -0.39 is 0 Å². The molecular weight excluding hydrogens is 356 g/mol. The summed E-state index contributed by atoms with van der Waals surface area (Å²) in [7, 11) is 4.76. The van der Waals surface area contributed by atoms with Crippen molar-refractivity contribution in [1.29, 1.82) is 0 Å². The van der Waals surface area contributed by atoms with E-state index in [1.807, 2.05) is 12.3 Å².